The van der Waals surface area contributed by atoms with Crippen molar-refractivity contribution in [3.63, 3.8) is 0 Å². The lowest BCUT2D eigenvalue weighted by Gasteiger charge is -2.21. The number of anilines is 1. The molecule has 3 heterocycles. The molecule has 2 amide bonds. The Balaban J connectivity index is 1.37. The standard InChI is InChI=1S/C19H23N5O4S/c1-11-9-24-18(28-10-11)16(8-20-24)29(26,27)23-19(25)22-17-14-6-2-4-12(14)13-5-3-7-15(13)21-17/h8,11H,2-7,9-10H2,1H3,(H2,21,22,23,25). The molecule has 3 aliphatic rings. The van der Waals surface area contributed by atoms with Gasteiger partial charge in [-0.2, -0.15) is 5.10 Å². The number of sulfonamides is 1. The SMILES string of the molecule is CC1COc2c(S(=O)(=O)NC(=O)Nc3nc4c(c5c3CCC5)CCC4)cnn2C1. The molecule has 0 bridgehead atoms. The zero-order valence-corrected chi connectivity index (χ0v) is 17.0. The van der Waals surface area contributed by atoms with E-state index in [0.29, 0.717) is 19.0 Å². The molecule has 2 aromatic rings. The zero-order chi connectivity index (χ0) is 20.2. The fourth-order valence-electron chi connectivity index (χ4n) is 4.52. The van der Waals surface area contributed by atoms with Crippen molar-refractivity contribution >= 4 is 21.9 Å². The van der Waals surface area contributed by atoms with Crippen LogP contribution in [0.5, 0.6) is 5.88 Å². The Bertz CT molecular complexity index is 1110. The van der Waals surface area contributed by atoms with Gasteiger partial charge in [0.1, 0.15) is 5.82 Å². The lowest BCUT2D eigenvalue weighted by molar-refractivity contribution is 0.170. The van der Waals surface area contributed by atoms with Crippen LogP contribution in [0.15, 0.2) is 11.1 Å². The highest BCUT2D eigenvalue weighted by Crippen LogP contribution is 2.36. The van der Waals surface area contributed by atoms with E-state index in [9.17, 15) is 13.2 Å². The molecule has 29 heavy (non-hydrogen) atoms. The summed E-state index contributed by atoms with van der Waals surface area (Å²) in [6, 6.07) is -0.825. The van der Waals surface area contributed by atoms with Gasteiger partial charge < -0.3 is 4.74 Å². The summed E-state index contributed by atoms with van der Waals surface area (Å²) in [5.74, 6) is 0.884. The maximum absolute atomic E-state index is 12.7. The predicted octanol–water partition coefficient (Wildman–Crippen LogP) is 1.79. The summed E-state index contributed by atoms with van der Waals surface area (Å²) in [7, 11) is -4.12. The van der Waals surface area contributed by atoms with Crippen molar-refractivity contribution in [2.24, 2.45) is 5.92 Å². The molecule has 1 atom stereocenters. The summed E-state index contributed by atoms with van der Waals surface area (Å²) in [5, 5.41) is 6.75. The molecule has 9 nitrogen and oxygen atoms in total. The Morgan fingerprint density at radius 3 is 2.79 bits per heavy atom. The first kappa shape index (κ1) is 18.4. The van der Waals surface area contributed by atoms with Gasteiger partial charge in [0.05, 0.1) is 19.3 Å². The van der Waals surface area contributed by atoms with E-state index in [1.165, 1.54) is 22.0 Å². The third-order valence-corrected chi connectivity index (χ3v) is 7.11. The molecule has 0 radical (unpaired) electrons. The van der Waals surface area contributed by atoms with Gasteiger partial charge in [0.25, 0.3) is 10.0 Å². The number of nitrogens with zero attached hydrogens (tertiary/aromatic N) is 3. The van der Waals surface area contributed by atoms with Crippen LogP contribution in [0, 0.1) is 5.92 Å². The van der Waals surface area contributed by atoms with Crippen LogP contribution in [-0.4, -0.2) is 35.8 Å². The predicted molar refractivity (Wildman–Crippen MR) is 105 cm³/mol. The second-order valence-corrected chi connectivity index (χ2v) is 9.67. The van der Waals surface area contributed by atoms with Crippen LogP contribution in [0.4, 0.5) is 10.6 Å². The number of aromatic nitrogens is 3. The second kappa shape index (κ2) is 6.72. The number of aryl methyl sites for hydroxylation is 1. The van der Waals surface area contributed by atoms with Gasteiger partial charge >= 0.3 is 6.03 Å². The number of fused-ring (bicyclic) bond motifs is 4. The molecule has 0 saturated carbocycles. The molecule has 154 valence electrons. The lowest BCUT2D eigenvalue weighted by atomic mass is 10.0. The summed E-state index contributed by atoms with van der Waals surface area (Å²) < 4.78 is 34.6. The number of carbonyl (C=O) groups is 1. The maximum atomic E-state index is 12.7. The molecule has 0 fully saturated rings. The average Bonchev–Trinajstić information content (AvgIpc) is 3.39. The molecule has 0 aromatic carbocycles. The summed E-state index contributed by atoms with van der Waals surface area (Å²) in [4.78, 5) is 17.0. The third-order valence-electron chi connectivity index (χ3n) is 5.80. The largest absolute Gasteiger partial charge is 0.477 e. The molecule has 1 unspecified atom stereocenters. The van der Waals surface area contributed by atoms with E-state index in [0.717, 1.165) is 49.8 Å². The van der Waals surface area contributed by atoms with Gasteiger partial charge in [-0.15, -0.1) is 0 Å². The number of pyridine rings is 1. The Morgan fingerprint density at radius 1 is 1.17 bits per heavy atom. The van der Waals surface area contributed by atoms with Crippen LogP contribution in [0.25, 0.3) is 0 Å². The lowest BCUT2D eigenvalue weighted by Crippen LogP contribution is -2.35. The van der Waals surface area contributed by atoms with Crippen LogP contribution < -0.4 is 14.8 Å². The Labute approximate surface area is 168 Å². The molecule has 10 heteroatoms. The minimum Gasteiger partial charge on any atom is -0.477 e. The molecule has 5 rings (SSSR count). The van der Waals surface area contributed by atoms with Gasteiger partial charge in [0.2, 0.25) is 5.88 Å². The number of hydrogen-bond donors (Lipinski definition) is 2. The van der Waals surface area contributed by atoms with Crippen molar-refractivity contribution in [3.8, 4) is 5.88 Å². The summed E-state index contributed by atoms with van der Waals surface area (Å²) in [6.45, 7) is 2.97. The molecule has 1 aliphatic heterocycles. The number of carbonyl (C=O) groups excluding carboxylic acids is 1. The zero-order valence-electron chi connectivity index (χ0n) is 16.2. The minimum absolute atomic E-state index is 0.133. The highest BCUT2D eigenvalue weighted by atomic mass is 32.2. The van der Waals surface area contributed by atoms with E-state index < -0.39 is 16.1 Å². The molecular formula is C19H23N5O4S. The number of urea groups is 1. The van der Waals surface area contributed by atoms with Gasteiger partial charge in [0.15, 0.2) is 4.90 Å². The van der Waals surface area contributed by atoms with Crippen LogP contribution >= 0.6 is 0 Å². The van der Waals surface area contributed by atoms with E-state index in [1.54, 1.807) is 0 Å². The van der Waals surface area contributed by atoms with Gasteiger partial charge in [-0.25, -0.2) is 27.6 Å². The highest BCUT2D eigenvalue weighted by Gasteiger charge is 2.31. The number of hydrogen-bond acceptors (Lipinski definition) is 6. The Morgan fingerprint density at radius 2 is 1.93 bits per heavy atom. The van der Waals surface area contributed by atoms with Crippen molar-refractivity contribution < 1.29 is 17.9 Å². The summed E-state index contributed by atoms with van der Waals surface area (Å²) in [6.07, 6.45) is 7.10. The van der Waals surface area contributed by atoms with Crippen molar-refractivity contribution in [1.82, 2.24) is 19.5 Å². The monoisotopic (exact) mass is 417 g/mol. The minimum atomic E-state index is -4.12. The molecule has 0 spiro atoms. The first-order valence-electron chi connectivity index (χ1n) is 9.98. The van der Waals surface area contributed by atoms with E-state index >= 15 is 0 Å². The van der Waals surface area contributed by atoms with Crippen molar-refractivity contribution in [2.75, 3.05) is 11.9 Å². The first-order chi connectivity index (χ1) is 13.9. The maximum Gasteiger partial charge on any atom is 0.334 e. The van der Waals surface area contributed by atoms with Crippen molar-refractivity contribution in [1.29, 1.82) is 0 Å². The van der Waals surface area contributed by atoms with Crippen LogP contribution in [0.1, 0.15) is 42.1 Å². The molecule has 2 N–H and O–H groups in total. The fraction of sp³-hybridized carbons (Fsp3) is 0.526. The molecule has 2 aromatic heterocycles. The van der Waals surface area contributed by atoms with E-state index in [4.69, 9.17) is 4.74 Å². The number of nitrogens with one attached hydrogen (secondary N) is 2. The Hall–Kier alpha value is -2.62. The quantitative estimate of drug-likeness (QED) is 0.787. The summed E-state index contributed by atoms with van der Waals surface area (Å²) in [5.41, 5.74) is 4.68. The van der Waals surface area contributed by atoms with Crippen LogP contribution in [0.3, 0.4) is 0 Å². The summed E-state index contributed by atoms with van der Waals surface area (Å²) >= 11 is 0. The fourth-order valence-corrected chi connectivity index (χ4v) is 5.50. The average molecular weight is 417 g/mol. The molecule has 0 saturated heterocycles. The van der Waals surface area contributed by atoms with Gasteiger partial charge in [-0.05, 0) is 55.2 Å². The van der Waals surface area contributed by atoms with E-state index in [1.807, 2.05) is 6.92 Å². The second-order valence-electron chi connectivity index (χ2n) is 8.02. The van der Waals surface area contributed by atoms with Crippen molar-refractivity contribution in [2.45, 2.75) is 56.9 Å². The van der Waals surface area contributed by atoms with E-state index in [2.05, 4.69) is 20.1 Å². The van der Waals surface area contributed by atoms with E-state index in [-0.39, 0.29) is 16.7 Å². The van der Waals surface area contributed by atoms with Gasteiger partial charge in [0, 0.05) is 11.6 Å². The van der Waals surface area contributed by atoms with Crippen LogP contribution in [-0.2, 0) is 42.3 Å². The first-order valence-corrected chi connectivity index (χ1v) is 11.5. The highest BCUT2D eigenvalue weighted by molar-refractivity contribution is 7.90. The normalized spacial score (nSPS) is 19.8. The Kier molecular flexibility index (Phi) is 4.27. The number of rotatable bonds is 3. The van der Waals surface area contributed by atoms with Gasteiger partial charge in [-0.3, -0.25) is 5.32 Å². The number of ether oxygens (including phenoxy) is 1. The molecular weight excluding hydrogens is 394 g/mol. The smallest absolute Gasteiger partial charge is 0.334 e. The molecule has 2 aliphatic carbocycles. The number of amides is 2. The third kappa shape index (κ3) is 3.15. The van der Waals surface area contributed by atoms with Crippen LogP contribution in [0.2, 0.25) is 0 Å². The van der Waals surface area contributed by atoms with Crippen molar-refractivity contribution in [3.05, 3.63) is 28.6 Å². The topological polar surface area (TPSA) is 115 Å². The van der Waals surface area contributed by atoms with Gasteiger partial charge in [-0.1, -0.05) is 6.92 Å².